The maximum Gasteiger partial charge on any atom is 0.315 e. The van der Waals surface area contributed by atoms with E-state index in [9.17, 15) is 4.79 Å². The van der Waals surface area contributed by atoms with E-state index in [2.05, 4.69) is 4.74 Å². The number of anilines is 1. The van der Waals surface area contributed by atoms with E-state index in [1.54, 1.807) is 18.2 Å². The Bertz CT molecular complexity index is 412. The molecule has 0 spiro atoms. The summed E-state index contributed by atoms with van der Waals surface area (Å²) in [5.41, 5.74) is 6.55. The molecule has 0 unspecified atom stereocenters. The molecular formula is C10H10N2O2S. The van der Waals surface area contributed by atoms with Crippen molar-refractivity contribution in [2.24, 2.45) is 0 Å². The number of nitrogen functional groups attached to an aromatic ring is 1. The van der Waals surface area contributed by atoms with Gasteiger partial charge in [0, 0.05) is 10.6 Å². The molecule has 0 amide bonds. The van der Waals surface area contributed by atoms with Crippen molar-refractivity contribution in [2.75, 3.05) is 18.6 Å². The molecule has 0 aliphatic rings. The standard InChI is InChI=1S/C10H10N2O2S/c1-14-10(13)6-15-9-3-2-8(12)4-7(9)5-11/h2-4H,6,12H2,1H3. The maximum absolute atomic E-state index is 10.9. The molecular weight excluding hydrogens is 212 g/mol. The smallest absolute Gasteiger partial charge is 0.315 e. The third-order valence-corrected chi connectivity index (χ3v) is 2.74. The first kappa shape index (κ1) is 11.4. The Balaban J connectivity index is 2.77. The summed E-state index contributed by atoms with van der Waals surface area (Å²) in [6, 6.07) is 7.03. The summed E-state index contributed by atoms with van der Waals surface area (Å²) in [6.07, 6.45) is 0. The van der Waals surface area contributed by atoms with Crippen LogP contribution in [-0.2, 0) is 9.53 Å². The van der Waals surface area contributed by atoms with Crippen molar-refractivity contribution in [3.8, 4) is 6.07 Å². The van der Waals surface area contributed by atoms with Crippen LogP contribution in [0.4, 0.5) is 5.69 Å². The Labute approximate surface area is 92.0 Å². The number of carbonyl (C=O) groups excluding carboxylic acids is 1. The number of carbonyl (C=O) groups is 1. The van der Waals surface area contributed by atoms with E-state index in [0.717, 1.165) is 4.90 Å². The molecule has 4 nitrogen and oxygen atoms in total. The van der Waals surface area contributed by atoms with Gasteiger partial charge < -0.3 is 10.5 Å². The lowest BCUT2D eigenvalue weighted by molar-refractivity contribution is -0.137. The Morgan fingerprint density at radius 3 is 3.00 bits per heavy atom. The lowest BCUT2D eigenvalue weighted by Crippen LogP contribution is -2.03. The number of hydrogen-bond donors (Lipinski definition) is 1. The average molecular weight is 222 g/mol. The average Bonchev–Trinajstić information content (AvgIpc) is 2.26. The number of hydrogen-bond acceptors (Lipinski definition) is 5. The first-order valence-corrected chi connectivity index (χ1v) is 5.15. The highest BCUT2D eigenvalue weighted by atomic mass is 32.2. The fraction of sp³-hybridized carbons (Fsp3) is 0.200. The molecule has 0 atom stereocenters. The second-order valence-electron chi connectivity index (χ2n) is 2.73. The van der Waals surface area contributed by atoms with Crippen molar-refractivity contribution in [1.82, 2.24) is 0 Å². The van der Waals surface area contributed by atoms with E-state index < -0.39 is 0 Å². The molecule has 0 radical (unpaired) electrons. The number of thioether (sulfide) groups is 1. The van der Waals surface area contributed by atoms with Gasteiger partial charge in [0.15, 0.2) is 0 Å². The third-order valence-electron chi connectivity index (χ3n) is 1.70. The Hall–Kier alpha value is -1.67. The van der Waals surface area contributed by atoms with E-state index >= 15 is 0 Å². The van der Waals surface area contributed by atoms with Crippen molar-refractivity contribution in [1.29, 1.82) is 5.26 Å². The third kappa shape index (κ3) is 3.18. The summed E-state index contributed by atoms with van der Waals surface area (Å²) in [4.78, 5) is 11.6. The number of esters is 1. The number of rotatable bonds is 3. The molecule has 1 rings (SSSR count). The fourth-order valence-electron chi connectivity index (χ4n) is 0.956. The quantitative estimate of drug-likeness (QED) is 0.475. The fourth-order valence-corrected chi connectivity index (χ4v) is 1.77. The molecule has 0 saturated carbocycles. The van der Waals surface area contributed by atoms with Gasteiger partial charge in [0.1, 0.15) is 6.07 Å². The molecule has 1 aromatic carbocycles. The lowest BCUT2D eigenvalue weighted by Gasteiger charge is -2.03. The van der Waals surface area contributed by atoms with Crippen LogP contribution in [0.1, 0.15) is 5.56 Å². The Kier molecular flexibility index (Phi) is 4.01. The molecule has 5 heteroatoms. The molecule has 0 heterocycles. The Morgan fingerprint density at radius 2 is 2.40 bits per heavy atom. The second-order valence-corrected chi connectivity index (χ2v) is 3.75. The minimum atomic E-state index is -0.319. The van der Waals surface area contributed by atoms with Crippen molar-refractivity contribution < 1.29 is 9.53 Å². The number of ether oxygens (including phenoxy) is 1. The van der Waals surface area contributed by atoms with Crippen molar-refractivity contribution in [3.05, 3.63) is 23.8 Å². The van der Waals surface area contributed by atoms with E-state index in [-0.39, 0.29) is 11.7 Å². The van der Waals surface area contributed by atoms with Crippen LogP contribution in [0.5, 0.6) is 0 Å². The molecule has 2 N–H and O–H groups in total. The number of methoxy groups -OCH3 is 1. The number of nitrogens with zero attached hydrogens (tertiary/aromatic N) is 1. The van der Waals surface area contributed by atoms with Crippen LogP contribution in [0.15, 0.2) is 23.1 Å². The summed E-state index contributed by atoms with van der Waals surface area (Å²) in [5, 5.41) is 8.83. The van der Waals surface area contributed by atoms with Gasteiger partial charge in [0.05, 0.1) is 18.4 Å². The summed E-state index contributed by atoms with van der Waals surface area (Å²) in [5.74, 6) is -0.129. The monoisotopic (exact) mass is 222 g/mol. The molecule has 15 heavy (non-hydrogen) atoms. The molecule has 0 aliphatic carbocycles. The van der Waals surface area contributed by atoms with E-state index in [1.807, 2.05) is 6.07 Å². The SMILES string of the molecule is COC(=O)CSc1ccc(N)cc1C#N. The summed E-state index contributed by atoms with van der Waals surface area (Å²) in [6.45, 7) is 0. The molecule has 1 aromatic rings. The van der Waals surface area contributed by atoms with Crippen LogP contribution in [-0.4, -0.2) is 18.8 Å². The Morgan fingerprint density at radius 1 is 1.67 bits per heavy atom. The number of nitrogens with two attached hydrogens (primary N) is 1. The summed E-state index contributed by atoms with van der Waals surface area (Å²) in [7, 11) is 1.33. The molecule has 0 bridgehead atoms. The van der Waals surface area contributed by atoms with Crippen molar-refractivity contribution in [3.63, 3.8) is 0 Å². The highest BCUT2D eigenvalue weighted by Gasteiger charge is 2.06. The summed E-state index contributed by atoms with van der Waals surface area (Å²) >= 11 is 1.26. The van der Waals surface area contributed by atoms with E-state index in [4.69, 9.17) is 11.0 Å². The second kappa shape index (κ2) is 5.27. The van der Waals surface area contributed by atoms with Gasteiger partial charge in [0.25, 0.3) is 0 Å². The van der Waals surface area contributed by atoms with Crippen molar-refractivity contribution >= 4 is 23.4 Å². The van der Waals surface area contributed by atoms with E-state index in [1.165, 1.54) is 18.9 Å². The van der Waals surface area contributed by atoms with E-state index in [0.29, 0.717) is 11.3 Å². The first-order valence-electron chi connectivity index (χ1n) is 4.16. The lowest BCUT2D eigenvalue weighted by atomic mass is 10.2. The topological polar surface area (TPSA) is 76.1 Å². The van der Waals surface area contributed by atoms with Gasteiger partial charge in [-0.2, -0.15) is 5.26 Å². The normalized spacial score (nSPS) is 9.33. The molecule has 0 aliphatic heterocycles. The van der Waals surface area contributed by atoms with Crippen LogP contribution < -0.4 is 5.73 Å². The molecule has 0 aromatic heterocycles. The van der Waals surface area contributed by atoms with Crippen LogP contribution in [0, 0.1) is 11.3 Å². The zero-order valence-electron chi connectivity index (χ0n) is 8.19. The number of benzene rings is 1. The highest BCUT2D eigenvalue weighted by Crippen LogP contribution is 2.24. The molecule has 0 saturated heterocycles. The van der Waals surface area contributed by atoms with Crippen LogP contribution >= 0.6 is 11.8 Å². The first-order chi connectivity index (χ1) is 7.17. The number of nitriles is 1. The van der Waals surface area contributed by atoms with Crippen molar-refractivity contribution in [2.45, 2.75) is 4.90 Å². The van der Waals surface area contributed by atoms with Gasteiger partial charge in [-0.15, -0.1) is 11.8 Å². The van der Waals surface area contributed by atoms with Gasteiger partial charge in [0.2, 0.25) is 0 Å². The van der Waals surface area contributed by atoms with Crippen LogP contribution in [0.3, 0.4) is 0 Å². The van der Waals surface area contributed by atoms with Gasteiger partial charge >= 0.3 is 5.97 Å². The maximum atomic E-state index is 10.9. The van der Waals surface area contributed by atoms with Gasteiger partial charge in [-0.25, -0.2) is 0 Å². The van der Waals surface area contributed by atoms with Crippen LogP contribution in [0.25, 0.3) is 0 Å². The predicted molar refractivity (Wildman–Crippen MR) is 58.3 cm³/mol. The summed E-state index contributed by atoms with van der Waals surface area (Å²) < 4.78 is 4.50. The zero-order valence-corrected chi connectivity index (χ0v) is 9.00. The minimum absolute atomic E-state index is 0.190. The highest BCUT2D eigenvalue weighted by molar-refractivity contribution is 8.00. The predicted octanol–water partition coefficient (Wildman–Crippen LogP) is 1.41. The van der Waals surface area contributed by atoms with Gasteiger partial charge in [-0.1, -0.05) is 0 Å². The zero-order chi connectivity index (χ0) is 11.3. The van der Waals surface area contributed by atoms with Gasteiger partial charge in [-0.3, -0.25) is 4.79 Å². The minimum Gasteiger partial charge on any atom is -0.468 e. The van der Waals surface area contributed by atoms with Crippen LogP contribution in [0.2, 0.25) is 0 Å². The molecule has 78 valence electrons. The largest absolute Gasteiger partial charge is 0.468 e. The van der Waals surface area contributed by atoms with Gasteiger partial charge in [-0.05, 0) is 18.2 Å². The molecule has 0 fully saturated rings.